The molecule has 3 aromatic heterocycles. The molecule has 0 amide bonds. The molecule has 0 bridgehead atoms. The summed E-state index contributed by atoms with van der Waals surface area (Å²) in [4.78, 5) is 20.5. The van der Waals surface area contributed by atoms with Crippen LogP contribution in [0.1, 0.15) is 63.8 Å². The molecule has 0 saturated heterocycles. The fraction of sp³-hybridized carbons (Fsp3) is 0.212. The number of fused-ring (bicyclic) bond motifs is 3. The summed E-state index contributed by atoms with van der Waals surface area (Å²) >= 11 is 0. The summed E-state index contributed by atoms with van der Waals surface area (Å²) < 4.78 is 13.3. The SMILES string of the molecule is Cc1ccc(-c2nc(-c3ccc(C)cc3)nc(-c3cc4c5ccccc5n(-c5cc(C(C)(C)C)ccn5)c4cc3Oc3cc([N+]4=C=[N+](C)C=C4)cc(C(C)(C)C)c3)n2)cc1. The van der Waals surface area contributed by atoms with E-state index in [1.54, 1.807) is 0 Å². The lowest BCUT2D eigenvalue weighted by Gasteiger charge is -2.21. The second kappa shape index (κ2) is 14.7. The predicted octanol–water partition coefficient (Wildman–Crippen LogP) is 12.3. The maximum Gasteiger partial charge on any atom is 0.495 e. The summed E-state index contributed by atoms with van der Waals surface area (Å²) in [5.41, 5.74) is 9.92. The van der Waals surface area contributed by atoms with Crippen molar-refractivity contribution in [2.75, 3.05) is 7.05 Å². The fourth-order valence-corrected chi connectivity index (χ4v) is 7.56. The lowest BCUT2D eigenvalue weighted by atomic mass is 9.86. The third-order valence-corrected chi connectivity index (χ3v) is 11.1. The van der Waals surface area contributed by atoms with E-state index < -0.39 is 0 Å². The number of nitrogens with zero attached hydrogens (tertiary/aromatic N) is 7. The van der Waals surface area contributed by atoms with Crippen molar-refractivity contribution in [3.63, 3.8) is 0 Å². The number of rotatable bonds is 7. The highest BCUT2D eigenvalue weighted by atomic mass is 16.5. The Hall–Kier alpha value is -7.02. The van der Waals surface area contributed by atoms with Gasteiger partial charge in [0, 0.05) is 40.2 Å². The van der Waals surface area contributed by atoms with E-state index in [9.17, 15) is 0 Å². The van der Waals surface area contributed by atoms with Gasteiger partial charge in [-0.05, 0) is 66.1 Å². The Labute approximate surface area is 351 Å². The molecule has 1 aliphatic rings. The molecular formula is C52H49N7O+2. The predicted molar refractivity (Wildman–Crippen MR) is 242 cm³/mol. The molecule has 0 saturated carbocycles. The van der Waals surface area contributed by atoms with Crippen LogP contribution in [-0.2, 0) is 10.8 Å². The first-order valence-electron chi connectivity index (χ1n) is 20.4. The van der Waals surface area contributed by atoms with Crippen LogP contribution in [0.3, 0.4) is 0 Å². The molecule has 5 aromatic carbocycles. The van der Waals surface area contributed by atoms with Gasteiger partial charge in [0.15, 0.2) is 24.5 Å². The zero-order valence-electron chi connectivity index (χ0n) is 35.7. The van der Waals surface area contributed by atoms with Gasteiger partial charge in [-0.25, -0.2) is 19.9 Å². The Kier molecular flexibility index (Phi) is 9.41. The highest BCUT2D eigenvalue weighted by Gasteiger charge is 2.26. The van der Waals surface area contributed by atoms with Gasteiger partial charge in [0.25, 0.3) is 6.20 Å². The number of pyridine rings is 1. The molecule has 8 heteroatoms. The number of hydrogen-bond donors (Lipinski definition) is 0. The Morgan fingerprint density at radius 1 is 0.600 bits per heavy atom. The summed E-state index contributed by atoms with van der Waals surface area (Å²) in [7, 11) is 1.97. The lowest BCUT2D eigenvalue weighted by molar-refractivity contribution is -0.429. The first-order chi connectivity index (χ1) is 28.7. The molecule has 0 spiro atoms. The van der Waals surface area contributed by atoms with Crippen molar-refractivity contribution in [1.82, 2.24) is 24.5 Å². The van der Waals surface area contributed by atoms with Crippen LogP contribution in [0, 0.1) is 13.8 Å². The zero-order valence-corrected chi connectivity index (χ0v) is 35.7. The molecule has 0 radical (unpaired) electrons. The summed E-state index contributed by atoms with van der Waals surface area (Å²) in [5.74, 6) is 3.80. The molecule has 60 heavy (non-hydrogen) atoms. The number of hydrogen-bond acceptors (Lipinski definition) is 5. The molecule has 0 fully saturated rings. The number of aryl methyl sites for hydroxylation is 2. The van der Waals surface area contributed by atoms with Crippen LogP contribution in [0.2, 0.25) is 0 Å². The van der Waals surface area contributed by atoms with Crippen LogP contribution in [0.15, 0.2) is 134 Å². The van der Waals surface area contributed by atoms with E-state index in [-0.39, 0.29) is 10.8 Å². The van der Waals surface area contributed by atoms with E-state index in [1.807, 2.05) is 34.8 Å². The van der Waals surface area contributed by atoms with Crippen LogP contribution in [0.5, 0.6) is 11.5 Å². The molecule has 296 valence electrons. The Morgan fingerprint density at radius 3 is 1.85 bits per heavy atom. The van der Waals surface area contributed by atoms with Crippen LogP contribution in [-0.4, -0.2) is 46.7 Å². The minimum atomic E-state index is -0.160. The van der Waals surface area contributed by atoms with Crippen molar-refractivity contribution < 1.29 is 13.9 Å². The van der Waals surface area contributed by atoms with Gasteiger partial charge in [-0.15, -0.1) is 0 Å². The van der Waals surface area contributed by atoms with Gasteiger partial charge in [-0.1, -0.05) is 129 Å². The Morgan fingerprint density at radius 2 is 1.23 bits per heavy atom. The van der Waals surface area contributed by atoms with E-state index >= 15 is 0 Å². The molecular weight excluding hydrogens is 739 g/mol. The van der Waals surface area contributed by atoms with Gasteiger partial charge < -0.3 is 4.74 Å². The second-order valence-corrected chi connectivity index (χ2v) is 17.9. The second-order valence-electron chi connectivity index (χ2n) is 17.9. The topological polar surface area (TPSA) is 71.7 Å². The standard InChI is InChI=1S/C52H49N7O/c1-33-14-18-35(19-15-33)48-54-49(36-20-16-34(2)17-21-36)56-50(55-48)43-30-42-41-12-10-11-13-44(41)59(47-28-37(22-23-53-47)51(3,4)5)45(42)31-46(43)60-40-27-38(52(6,7)8)26-39(29-40)58-25-24-57(9)32-58/h10-31H,1-9H3/q+2. The van der Waals surface area contributed by atoms with Gasteiger partial charge in [-0.2, -0.15) is 0 Å². The monoisotopic (exact) mass is 787 g/mol. The summed E-state index contributed by atoms with van der Waals surface area (Å²) in [5, 5.41) is 2.12. The highest BCUT2D eigenvalue weighted by Crippen LogP contribution is 2.43. The molecule has 0 unspecified atom stereocenters. The highest BCUT2D eigenvalue weighted by molar-refractivity contribution is 6.11. The van der Waals surface area contributed by atoms with E-state index in [4.69, 9.17) is 24.7 Å². The van der Waals surface area contributed by atoms with Crippen molar-refractivity contribution in [2.45, 2.75) is 66.2 Å². The number of ether oxygens (including phenoxy) is 1. The summed E-state index contributed by atoms with van der Waals surface area (Å²) in [6, 6.07) is 43.5. The van der Waals surface area contributed by atoms with Gasteiger partial charge in [0.1, 0.15) is 17.3 Å². The van der Waals surface area contributed by atoms with Gasteiger partial charge >= 0.3 is 6.01 Å². The Balaban J connectivity index is 1.34. The Bertz CT molecular complexity index is 3020. The largest absolute Gasteiger partial charge is 0.495 e. The third-order valence-electron chi connectivity index (χ3n) is 11.1. The lowest BCUT2D eigenvalue weighted by Crippen LogP contribution is -2.12. The summed E-state index contributed by atoms with van der Waals surface area (Å²) in [6.07, 6.45) is 5.89. The first-order valence-corrected chi connectivity index (χ1v) is 20.4. The first kappa shape index (κ1) is 38.5. The number of aromatic nitrogens is 5. The van der Waals surface area contributed by atoms with Crippen molar-refractivity contribution in [2.24, 2.45) is 0 Å². The van der Waals surface area contributed by atoms with Crippen molar-refractivity contribution in [1.29, 1.82) is 0 Å². The van der Waals surface area contributed by atoms with Crippen molar-refractivity contribution in [3.8, 4) is 51.5 Å². The number of para-hydroxylation sites is 1. The molecule has 0 aliphatic carbocycles. The third kappa shape index (κ3) is 7.42. The van der Waals surface area contributed by atoms with E-state index in [1.165, 1.54) is 5.56 Å². The molecule has 1 aliphatic heterocycles. The zero-order chi connectivity index (χ0) is 41.9. The van der Waals surface area contributed by atoms with Crippen molar-refractivity contribution in [3.05, 3.63) is 156 Å². The molecule has 0 atom stereocenters. The molecule has 8 nitrogen and oxygen atoms in total. The summed E-state index contributed by atoms with van der Waals surface area (Å²) in [6.45, 7) is 17.5. The van der Waals surface area contributed by atoms with Crippen molar-refractivity contribution >= 4 is 33.5 Å². The molecule has 4 heterocycles. The van der Waals surface area contributed by atoms with E-state index in [2.05, 4.69) is 181 Å². The van der Waals surface area contributed by atoms with E-state index in [0.717, 1.165) is 66.7 Å². The normalized spacial score (nSPS) is 12.9. The average molecular weight is 788 g/mol. The van der Waals surface area contributed by atoms with E-state index in [0.29, 0.717) is 29.0 Å². The van der Waals surface area contributed by atoms with Crippen LogP contribution >= 0.6 is 0 Å². The average Bonchev–Trinajstić information content (AvgIpc) is 3.81. The smallest absolute Gasteiger partial charge is 0.456 e. The maximum atomic E-state index is 7.20. The molecule has 9 rings (SSSR count). The van der Waals surface area contributed by atoms with Crippen LogP contribution in [0.25, 0.3) is 61.8 Å². The van der Waals surface area contributed by atoms with Crippen LogP contribution in [0.4, 0.5) is 5.69 Å². The molecule has 0 N–H and O–H groups in total. The van der Waals surface area contributed by atoms with Gasteiger partial charge in [0.2, 0.25) is 11.9 Å². The fourth-order valence-electron chi connectivity index (χ4n) is 7.56. The molecule has 8 aromatic rings. The van der Waals surface area contributed by atoms with Gasteiger partial charge in [-0.3, -0.25) is 4.57 Å². The maximum absolute atomic E-state index is 7.20. The minimum absolute atomic E-state index is 0.0646. The quantitative estimate of drug-likeness (QED) is 0.150. The number of benzene rings is 5. The van der Waals surface area contributed by atoms with Gasteiger partial charge in [0.05, 0.1) is 22.7 Å². The van der Waals surface area contributed by atoms with Crippen LogP contribution < -0.4 is 4.74 Å². The minimum Gasteiger partial charge on any atom is -0.456 e.